The Morgan fingerprint density at radius 2 is 1.90 bits per heavy atom. The van der Waals surface area contributed by atoms with Crippen LogP contribution in [0.5, 0.6) is 0 Å². The maximum Gasteiger partial charge on any atom is 0.321 e. The number of benzene rings is 2. The number of aliphatic imine (C=N–C) groups is 1. The zero-order valence-corrected chi connectivity index (χ0v) is 18.9. The lowest BCUT2D eigenvalue weighted by atomic mass is 9.97. The summed E-state index contributed by atoms with van der Waals surface area (Å²) >= 11 is 0. The highest BCUT2D eigenvalue weighted by Crippen LogP contribution is 2.32. The summed E-state index contributed by atoms with van der Waals surface area (Å²) in [5.41, 5.74) is 2.61. The minimum atomic E-state index is -3.70. The topological polar surface area (TPSA) is 82.1 Å². The number of urea groups is 1. The normalized spacial score (nSPS) is 18.4. The van der Waals surface area contributed by atoms with Crippen molar-refractivity contribution in [1.82, 2.24) is 9.62 Å². The Balaban J connectivity index is 1.49. The molecule has 2 aliphatic rings. The number of fused-ring (bicyclic) bond motifs is 1. The second-order valence-electron chi connectivity index (χ2n) is 9.18. The molecule has 31 heavy (non-hydrogen) atoms. The largest absolute Gasteiger partial charge is 0.337 e. The molecule has 0 aromatic heterocycles. The van der Waals surface area contributed by atoms with Gasteiger partial charge in [-0.25, -0.2) is 13.2 Å². The minimum absolute atomic E-state index is 0.00889. The fourth-order valence-corrected chi connectivity index (χ4v) is 5.09. The van der Waals surface area contributed by atoms with Crippen molar-refractivity contribution in [2.75, 3.05) is 24.5 Å². The van der Waals surface area contributed by atoms with Crippen LogP contribution in [0.15, 0.2) is 58.4 Å². The molecule has 2 heterocycles. The number of hydrogen-bond acceptors (Lipinski definition) is 4. The maximum atomic E-state index is 13.2. The number of nitrogens with zero attached hydrogens (tertiary/aromatic N) is 3. The van der Waals surface area contributed by atoms with Crippen molar-refractivity contribution < 1.29 is 13.2 Å². The monoisotopic (exact) mass is 440 g/mol. The number of rotatable bonds is 4. The molecular weight excluding hydrogens is 412 g/mol. The van der Waals surface area contributed by atoms with Gasteiger partial charge in [0.1, 0.15) is 6.34 Å². The predicted molar refractivity (Wildman–Crippen MR) is 122 cm³/mol. The molecule has 4 rings (SSSR count). The van der Waals surface area contributed by atoms with Crippen molar-refractivity contribution in [3.63, 3.8) is 0 Å². The molecule has 2 amide bonds. The Morgan fingerprint density at radius 1 is 1.16 bits per heavy atom. The Bertz CT molecular complexity index is 1110. The van der Waals surface area contributed by atoms with Crippen molar-refractivity contribution in [3.05, 3.63) is 59.7 Å². The molecule has 0 aliphatic carbocycles. The molecule has 0 bridgehead atoms. The Hall–Kier alpha value is -2.87. The third-order valence-corrected chi connectivity index (χ3v) is 7.19. The molecule has 8 heteroatoms. The summed E-state index contributed by atoms with van der Waals surface area (Å²) in [7, 11) is -3.70. The smallest absolute Gasteiger partial charge is 0.321 e. The van der Waals surface area contributed by atoms with Crippen molar-refractivity contribution in [2.24, 2.45) is 10.4 Å². The maximum absolute atomic E-state index is 13.2. The first kappa shape index (κ1) is 21.4. The van der Waals surface area contributed by atoms with Crippen LogP contribution in [0.3, 0.4) is 0 Å². The molecule has 0 unspecified atom stereocenters. The van der Waals surface area contributed by atoms with Gasteiger partial charge >= 0.3 is 6.03 Å². The molecule has 1 N–H and O–H groups in total. The second kappa shape index (κ2) is 8.00. The Labute approximate surface area is 183 Å². The molecule has 2 aromatic rings. The van der Waals surface area contributed by atoms with Gasteiger partial charge in [-0.2, -0.15) is 0 Å². The SMILES string of the molecule is CC(C)(C)CNC(=O)N1CCc2cc(S(=O)(=O)N3C=N[C@@H](c4ccccc4)C3)ccc21. The number of sulfonamides is 1. The molecular formula is C23H28N4O3S. The zero-order chi connectivity index (χ0) is 22.2. The van der Waals surface area contributed by atoms with Crippen LogP contribution in [-0.4, -0.2) is 44.7 Å². The number of carbonyl (C=O) groups is 1. The van der Waals surface area contributed by atoms with Crippen LogP contribution < -0.4 is 10.2 Å². The van der Waals surface area contributed by atoms with E-state index in [0.717, 1.165) is 16.8 Å². The van der Waals surface area contributed by atoms with Crippen LogP contribution in [-0.2, 0) is 16.4 Å². The number of hydrogen-bond donors (Lipinski definition) is 1. The van der Waals surface area contributed by atoms with E-state index >= 15 is 0 Å². The molecule has 0 radical (unpaired) electrons. The highest BCUT2D eigenvalue weighted by atomic mass is 32.2. The first-order chi connectivity index (χ1) is 14.6. The second-order valence-corrected chi connectivity index (χ2v) is 11.1. The summed E-state index contributed by atoms with van der Waals surface area (Å²) in [4.78, 5) is 18.9. The Morgan fingerprint density at radius 3 is 2.61 bits per heavy atom. The van der Waals surface area contributed by atoms with Crippen molar-refractivity contribution >= 4 is 28.1 Å². The average molecular weight is 441 g/mol. The van der Waals surface area contributed by atoms with Gasteiger partial charge < -0.3 is 5.32 Å². The summed E-state index contributed by atoms with van der Waals surface area (Å²) in [5, 5.41) is 2.96. The number of carbonyl (C=O) groups excluding carboxylic acids is 1. The van der Waals surface area contributed by atoms with E-state index in [2.05, 4.69) is 31.1 Å². The average Bonchev–Trinajstić information content (AvgIpc) is 3.39. The standard InChI is InChI=1S/C23H28N4O3S/c1-23(2,3)15-24-22(28)27-12-11-18-13-19(9-10-21(18)27)31(29,30)26-14-20(25-16-26)17-7-5-4-6-8-17/h4-10,13,16,20H,11-12,14-15H2,1-3H3,(H,24,28)/t20-/m1/s1. The molecule has 0 spiro atoms. The van der Waals surface area contributed by atoms with Gasteiger partial charge in [0.15, 0.2) is 0 Å². The first-order valence-corrected chi connectivity index (χ1v) is 11.9. The van der Waals surface area contributed by atoms with Crippen molar-refractivity contribution in [1.29, 1.82) is 0 Å². The lowest BCUT2D eigenvalue weighted by Gasteiger charge is -2.23. The molecule has 1 atom stereocenters. The summed E-state index contributed by atoms with van der Waals surface area (Å²) in [6.45, 7) is 7.58. The van der Waals surface area contributed by atoms with Crippen LogP contribution in [0.1, 0.15) is 37.9 Å². The Kier molecular flexibility index (Phi) is 5.51. The summed E-state index contributed by atoms with van der Waals surface area (Å²) in [5.74, 6) is 0. The van der Waals surface area contributed by atoms with Crippen LogP contribution in [0.4, 0.5) is 10.5 Å². The molecule has 2 aromatic carbocycles. The molecule has 0 saturated carbocycles. The van der Waals surface area contributed by atoms with Gasteiger partial charge in [0, 0.05) is 18.8 Å². The van der Waals surface area contributed by atoms with E-state index in [-0.39, 0.29) is 28.9 Å². The fraction of sp³-hybridized carbons (Fsp3) is 0.391. The van der Waals surface area contributed by atoms with E-state index in [4.69, 9.17) is 0 Å². The van der Waals surface area contributed by atoms with E-state index in [9.17, 15) is 13.2 Å². The molecule has 164 valence electrons. The van der Waals surface area contributed by atoms with Gasteiger partial charge in [-0.3, -0.25) is 14.2 Å². The summed E-state index contributed by atoms with van der Waals surface area (Å²) < 4.78 is 27.7. The van der Waals surface area contributed by atoms with E-state index < -0.39 is 10.0 Å². The molecule has 0 saturated heterocycles. The molecule has 7 nitrogen and oxygen atoms in total. The van der Waals surface area contributed by atoms with Crippen LogP contribution in [0.2, 0.25) is 0 Å². The van der Waals surface area contributed by atoms with E-state index in [1.54, 1.807) is 23.1 Å². The van der Waals surface area contributed by atoms with Crippen LogP contribution in [0.25, 0.3) is 0 Å². The minimum Gasteiger partial charge on any atom is -0.337 e. The zero-order valence-electron chi connectivity index (χ0n) is 18.1. The van der Waals surface area contributed by atoms with Crippen LogP contribution >= 0.6 is 0 Å². The number of anilines is 1. The van der Waals surface area contributed by atoms with Gasteiger partial charge in [-0.1, -0.05) is 51.1 Å². The van der Waals surface area contributed by atoms with Gasteiger partial charge in [-0.15, -0.1) is 0 Å². The number of nitrogens with one attached hydrogen (secondary N) is 1. The highest BCUT2D eigenvalue weighted by Gasteiger charge is 2.32. The highest BCUT2D eigenvalue weighted by molar-refractivity contribution is 7.89. The van der Waals surface area contributed by atoms with Gasteiger partial charge in [0.25, 0.3) is 10.0 Å². The first-order valence-electron chi connectivity index (χ1n) is 10.4. The van der Waals surface area contributed by atoms with Crippen LogP contribution in [0, 0.1) is 5.41 Å². The summed E-state index contributed by atoms with van der Waals surface area (Å²) in [6, 6.07) is 14.3. The molecule has 0 fully saturated rings. The van der Waals surface area contributed by atoms with E-state index in [0.29, 0.717) is 19.5 Å². The third-order valence-electron chi connectivity index (χ3n) is 5.48. The lowest BCUT2D eigenvalue weighted by Crippen LogP contribution is -2.42. The van der Waals surface area contributed by atoms with Gasteiger partial charge in [0.2, 0.25) is 0 Å². The van der Waals surface area contributed by atoms with Crippen molar-refractivity contribution in [2.45, 2.75) is 38.1 Å². The van der Waals surface area contributed by atoms with Gasteiger partial charge in [-0.05, 0) is 41.2 Å². The molecule has 2 aliphatic heterocycles. The van der Waals surface area contributed by atoms with E-state index in [1.807, 2.05) is 30.3 Å². The fourth-order valence-electron chi connectivity index (χ4n) is 3.77. The quantitative estimate of drug-likeness (QED) is 0.789. The lowest BCUT2D eigenvalue weighted by molar-refractivity contribution is 0.241. The van der Waals surface area contributed by atoms with Crippen molar-refractivity contribution in [3.8, 4) is 0 Å². The predicted octanol–water partition coefficient (Wildman–Crippen LogP) is 3.58. The summed E-state index contributed by atoms with van der Waals surface area (Å²) in [6.07, 6.45) is 2.04. The number of amides is 2. The van der Waals surface area contributed by atoms with E-state index in [1.165, 1.54) is 10.6 Å². The van der Waals surface area contributed by atoms with Gasteiger partial charge in [0.05, 0.1) is 17.5 Å². The third kappa shape index (κ3) is 4.44.